The van der Waals surface area contributed by atoms with Crippen molar-refractivity contribution in [2.75, 3.05) is 22.5 Å². The van der Waals surface area contributed by atoms with Gasteiger partial charge in [-0.1, -0.05) is 0 Å². The van der Waals surface area contributed by atoms with Crippen LogP contribution in [0.5, 0.6) is 0 Å². The molecule has 23 heavy (non-hydrogen) atoms. The topological polar surface area (TPSA) is 67.1 Å². The van der Waals surface area contributed by atoms with Crippen LogP contribution in [0.3, 0.4) is 0 Å². The molecule has 122 valence electrons. The van der Waals surface area contributed by atoms with Gasteiger partial charge < -0.3 is 16.0 Å². The van der Waals surface area contributed by atoms with E-state index in [0.717, 1.165) is 37.6 Å². The van der Waals surface area contributed by atoms with Gasteiger partial charge in [0, 0.05) is 18.7 Å². The van der Waals surface area contributed by atoms with Gasteiger partial charge in [-0.15, -0.1) is 0 Å². The van der Waals surface area contributed by atoms with Crippen LogP contribution in [0.1, 0.15) is 26.2 Å². The fourth-order valence-electron chi connectivity index (χ4n) is 2.85. The summed E-state index contributed by atoms with van der Waals surface area (Å²) in [5, 5.41) is 2.76. The SMILES string of the molecule is CC1CCCCN1c1ncnc(Nc2cc(F)ccc2F)c1N. The molecule has 0 amide bonds. The molecule has 1 unspecified atom stereocenters. The van der Waals surface area contributed by atoms with E-state index in [9.17, 15) is 8.78 Å². The molecule has 2 aromatic rings. The lowest BCUT2D eigenvalue weighted by molar-refractivity contribution is 0.481. The van der Waals surface area contributed by atoms with E-state index < -0.39 is 11.6 Å². The first-order valence-corrected chi connectivity index (χ1v) is 7.65. The molecular weight excluding hydrogens is 300 g/mol. The summed E-state index contributed by atoms with van der Waals surface area (Å²) in [6.07, 6.45) is 4.72. The van der Waals surface area contributed by atoms with Gasteiger partial charge in [-0.3, -0.25) is 0 Å². The summed E-state index contributed by atoms with van der Waals surface area (Å²) in [6, 6.07) is 3.52. The number of anilines is 4. The van der Waals surface area contributed by atoms with Gasteiger partial charge in [0.15, 0.2) is 11.6 Å². The smallest absolute Gasteiger partial charge is 0.159 e. The number of nitrogens with one attached hydrogen (secondary N) is 1. The molecule has 2 heterocycles. The number of hydrogen-bond donors (Lipinski definition) is 2. The first-order valence-electron chi connectivity index (χ1n) is 7.65. The molecule has 1 atom stereocenters. The molecule has 7 heteroatoms. The number of nitrogens with zero attached hydrogens (tertiary/aromatic N) is 3. The highest BCUT2D eigenvalue weighted by atomic mass is 19.1. The minimum Gasteiger partial charge on any atom is -0.393 e. The van der Waals surface area contributed by atoms with E-state index in [1.165, 1.54) is 12.7 Å². The highest BCUT2D eigenvalue weighted by Crippen LogP contribution is 2.32. The Morgan fingerprint density at radius 2 is 2.09 bits per heavy atom. The van der Waals surface area contributed by atoms with Crippen LogP contribution in [-0.4, -0.2) is 22.6 Å². The number of halogens is 2. The van der Waals surface area contributed by atoms with Crippen molar-refractivity contribution in [3.05, 3.63) is 36.2 Å². The van der Waals surface area contributed by atoms with Crippen molar-refractivity contribution >= 4 is 23.0 Å². The maximum atomic E-state index is 13.8. The van der Waals surface area contributed by atoms with Crippen LogP contribution >= 0.6 is 0 Å². The lowest BCUT2D eigenvalue weighted by Gasteiger charge is -2.35. The molecule has 1 aromatic carbocycles. The molecule has 1 aliphatic heterocycles. The van der Waals surface area contributed by atoms with Gasteiger partial charge >= 0.3 is 0 Å². The van der Waals surface area contributed by atoms with Crippen molar-refractivity contribution in [1.29, 1.82) is 0 Å². The number of piperidine rings is 1. The number of nitrogen functional groups attached to an aromatic ring is 1. The summed E-state index contributed by atoms with van der Waals surface area (Å²) in [4.78, 5) is 10.5. The Morgan fingerprint density at radius 3 is 2.87 bits per heavy atom. The van der Waals surface area contributed by atoms with Crippen LogP contribution in [0.4, 0.5) is 31.8 Å². The number of hydrogen-bond acceptors (Lipinski definition) is 5. The van der Waals surface area contributed by atoms with E-state index in [0.29, 0.717) is 17.5 Å². The summed E-state index contributed by atoms with van der Waals surface area (Å²) < 4.78 is 27.1. The first-order chi connectivity index (χ1) is 11.1. The van der Waals surface area contributed by atoms with Crippen LogP contribution in [0, 0.1) is 11.6 Å². The molecule has 1 saturated heterocycles. The average Bonchev–Trinajstić information content (AvgIpc) is 2.54. The highest BCUT2D eigenvalue weighted by molar-refractivity contribution is 5.78. The predicted octanol–water partition coefficient (Wildman–Crippen LogP) is 3.46. The fraction of sp³-hybridized carbons (Fsp3) is 0.375. The lowest BCUT2D eigenvalue weighted by atomic mass is 10.0. The Morgan fingerprint density at radius 1 is 1.26 bits per heavy atom. The third-order valence-corrected chi connectivity index (χ3v) is 4.12. The highest BCUT2D eigenvalue weighted by Gasteiger charge is 2.23. The van der Waals surface area contributed by atoms with E-state index in [1.54, 1.807) is 0 Å². The molecule has 1 aliphatic rings. The molecule has 0 spiro atoms. The van der Waals surface area contributed by atoms with E-state index in [-0.39, 0.29) is 11.5 Å². The van der Waals surface area contributed by atoms with Gasteiger partial charge in [0.25, 0.3) is 0 Å². The monoisotopic (exact) mass is 319 g/mol. The zero-order valence-corrected chi connectivity index (χ0v) is 12.9. The Bertz CT molecular complexity index is 707. The molecule has 3 rings (SSSR count). The number of aromatic nitrogens is 2. The molecular formula is C16H19F2N5. The second-order valence-electron chi connectivity index (χ2n) is 5.75. The van der Waals surface area contributed by atoms with Gasteiger partial charge in [-0.05, 0) is 38.3 Å². The van der Waals surface area contributed by atoms with Crippen molar-refractivity contribution in [2.45, 2.75) is 32.2 Å². The molecule has 3 N–H and O–H groups in total. The lowest BCUT2D eigenvalue weighted by Crippen LogP contribution is -2.38. The maximum absolute atomic E-state index is 13.8. The largest absolute Gasteiger partial charge is 0.393 e. The van der Waals surface area contributed by atoms with Crippen LogP contribution in [0.2, 0.25) is 0 Å². The maximum Gasteiger partial charge on any atom is 0.159 e. The van der Waals surface area contributed by atoms with Crippen LogP contribution < -0.4 is 16.0 Å². The molecule has 0 bridgehead atoms. The molecule has 0 saturated carbocycles. The minimum atomic E-state index is -0.572. The Labute approximate surface area is 133 Å². The van der Waals surface area contributed by atoms with E-state index in [2.05, 4.69) is 27.1 Å². The summed E-state index contributed by atoms with van der Waals surface area (Å²) in [5.74, 6) is -0.201. The number of rotatable bonds is 3. The van der Waals surface area contributed by atoms with E-state index in [1.807, 2.05) is 0 Å². The van der Waals surface area contributed by atoms with Crippen LogP contribution in [0.15, 0.2) is 24.5 Å². The summed E-state index contributed by atoms with van der Waals surface area (Å²) in [5.41, 5.74) is 6.50. The molecule has 0 aliphatic carbocycles. The Balaban J connectivity index is 1.92. The Kier molecular flexibility index (Phi) is 4.27. The van der Waals surface area contributed by atoms with Gasteiger partial charge in [-0.2, -0.15) is 0 Å². The Hall–Kier alpha value is -2.44. The van der Waals surface area contributed by atoms with Crippen molar-refractivity contribution in [3.63, 3.8) is 0 Å². The summed E-state index contributed by atoms with van der Waals surface area (Å²) >= 11 is 0. The first kappa shape index (κ1) is 15.5. The summed E-state index contributed by atoms with van der Waals surface area (Å²) in [6.45, 7) is 3.00. The standard InChI is InChI=1S/C16H19F2N5/c1-10-4-2-3-7-23(10)16-14(19)15(20-9-21-16)22-13-8-11(17)5-6-12(13)18/h5-6,8-10H,2-4,7,19H2,1H3,(H,20,21,22). The van der Waals surface area contributed by atoms with Gasteiger partial charge in [0.2, 0.25) is 0 Å². The molecule has 1 fully saturated rings. The van der Waals surface area contributed by atoms with Gasteiger partial charge in [0.05, 0.1) is 5.69 Å². The number of nitrogens with two attached hydrogens (primary N) is 1. The fourth-order valence-corrected chi connectivity index (χ4v) is 2.85. The second kappa shape index (κ2) is 6.36. The minimum absolute atomic E-state index is 0.00644. The van der Waals surface area contributed by atoms with Gasteiger partial charge in [-0.25, -0.2) is 18.7 Å². The average molecular weight is 319 g/mol. The predicted molar refractivity (Wildman–Crippen MR) is 86.7 cm³/mol. The van der Waals surface area contributed by atoms with Crippen molar-refractivity contribution in [2.24, 2.45) is 0 Å². The second-order valence-corrected chi connectivity index (χ2v) is 5.75. The van der Waals surface area contributed by atoms with Crippen molar-refractivity contribution < 1.29 is 8.78 Å². The van der Waals surface area contributed by atoms with Crippen LogP contribution in [-0.2, 0) is 0 Å². The third kappa shape index (κ3) is 3.18. The zero-order valence-electron chi connectivity index (χ0n) is 12.9. The molecule has 1 aromatic heterocycles. The van der Waals surface area contributed by atoms with Crippen molar-refractivity contribution in [1.82, 2.24) is 9.97 Å². The van der Waals surface area contributed by atoms with E-state index in [4.69, 9.17) is 5.73 Å². The normalized spacial score (nSPS) is 18.0. The third-order valence-electron chi connectivity index (χ3n) is 4.12. The van der Waals surface area contributed by atoms with E-state index >= 15 is 0 Å². The quantitative estimate of drug-likeness (QED) is 0.907. The summed E-state index contributed by atoms with van der Waals surface area (Å²) in [7, 11) is 0. The number of benzene rings is 1. The molecule has 5 nitrogen and oxygen atoms in total. The van der Waals surface area contributed by atoms with Crippen LogP contribution in [0.25, 0.3) is 0 Å². The van der Waals surface area contributed by atoms with Crippen molar-refractivity contribution in [3.8, 4) is 0 Å². The van der Waals surface area contributed by atoms with Gasteiger partial charge in [0.1, 0.15) is 23.6 Å². The zero-order chi connectivity index (χ0) is 16.4. The molecule has 0 radical (unpaired) electrons.